The molecule has 1 N–H and O–H groups in total. The van der Waals surface area contributed by atoms with Crippen LogP contribution < -0.4 is 14.2 Å². The fraction of sp³-hybridized carbons (Fsp3) is 0.250. The van der Waals surface area contributed by atoms with E-state index in [1.807, 2.05) is 48.5 Å². The Kier molecular flexibility index (Phi) is 5.87. The number of hydrogen-bond acceptors (Lipinski definition) is 6. The Morgan fingerprint density at radius 1 is 1.10 bits per heavy atom. The first-order chi connectivity index (χ1) is 15.0. The zero-order chi connectivity index (χ0) is 22.1. The fourth-order valence-electron chi connectivity index (χ4n) is 4.05. The Hall–Kier alpha value is -3.06. The molecule has 0 aromatic heterocycles. The van der Waals surface area contributed by atoms with Crippen molar-refractivity contribution < 1.29 is 23.7 Å². The molecule has 160 valence electrons. The van der Waals surface area contributed by atoms with E-state index >= 15 is 0 Å². The SMILES string of the molecule is CCOC(=O)C1C(=N)Oc2cc3ccccc3cc2C1c1cc(Br)c(OC)c(OC)c1. The summed E-state index contributed by atoms with van der Waals surface area (Å²) in [5.74, 6) is -0.413. The summed E-state index contributed by atoms with van der Waals surface area (Å²) in [6, 6.07) is 15.5. The lowest BCUT2D eigenvalue weighted by molar-refractivity contribution is -0.146. The van der Waals surface area contributed by atoms with Gasteiger partial charge < -0.3 is 18.9 Å². The van der Waals surface area contributed by atoms with Crippen LogP contribution >= 0.6 is 15.9 Å². The van der Waals surface area contributed by atoms with Crippen molar-refractivity contribution >= 4 is 38.6 Å². The third kappa shape index (κ3) is 3.74. The van der Waals surface area contributed by atoms with Crippen molar-refractivity contribution in [2.45, 2.75) is 12.8 Å². The second kappa shape index (κ2) is 8.59. The molecule has 1 aliphatic heterocycles. The molecule has 0 aliphatic carbocycles. The van der Waals surface area contributed by atoms with Gasteiger partial charge in [0, 0.05) is 11.5 Å². The van der Waals surface area contributed by atoms with Crippen molar-refractivity contribution in [3.05, 3.63) is 64.1 Å². The molecule has 0 saturated carbocycles. The second-order valence-electron chi connectivity index (χ2n) is 7.15. The number of rotatable bonds is 5. The summed E-state index contributed by atoms with van der Waals surface area (Å²) in [6.07, 6.45) is 0. The molecular formula is C24H22BrNO5. The van der Waals surface area contributed by atoms with Crippen LogP contribution in [-0.2, 0) is 9.53 Å². The Morgan fingerprint density at radius 2 is 1.81 bits per heavy atom. The standard InChI is InChI=1S/C24H22BrNO5/c1-4-30-24(27)21-20(15-10-17(25)22(29-3)19(12-15)28-2)16-9-13-7-5-6-8-14(13)11-18(16)31-23(21)26/h5-12,20-21,26H,4H2,1-3H3. The van der Waals surface area contributed by atoms with Crippen LogP contribution in [0.4, 0.5) is 0 Å². The number of fused-ring (bicyclic) bond motifs is 2. The molecule has 3 aromatic carbocycles. The van der Waals surface area contributed by atoms with Crippen LogP contribution in [0, 0.1) is 11.3 Å². The molecule has 4 rings (SSSR count). The van der Waals surface area contributed by atoms with Gasteiger partial charge in [-0.25, -0.2) is 0 Å². The molecule has 0 fully saturated rings. The molecule has 0 amide bonds. The first kappa shape index (κ1) is 21.2. The Bertz CT molecular complexity index is 1180. The normalized spacial score (nSPS) is 17.6. The molecule has 31 heavy (non-hydrogen) atoms. The van der Waals surface area contributed by atoms with Gasteiger partial charge in [0.25, 0.3) is 0 Å². The predicted molar refractivity (Wildman–Crippen MR) is 122 cm³/mol. The van der Waals surface area contributed by atoms with Crippen molar-refractivity contribution in [1.82, 2.24) is 0 Å². The number of methoxy groups -OCH3 is 2. The number of carbonyl (C=O) groups is 1. The van der Waals surface area contributed by atoms with Gasteiger partial charge in [0.15, 0.2) is 11.5 Å². The lowest BCUT2D eigenvalue weighted by Crippen LogP contribution is -2.38. The summed E-state index contributed by atoms with van der Waals surface area (Å²) < 4.78 is 22.8. The van der Waals surface area contributed by atoms with Gasteiger partial charge in [-0.05, 0) is 63.5 Å². The molecule has 7 heteroatoms. The first-order valence-corrected chi connectivity index (χ1v) is 10.6. The average molecular weight is 484 g/mol. The highest BCUT2D eigenvalue weighted by Gasteiger charge is 2.43. The van der Waals surface area contributed by atoms with Crippen LogP contribution in [0.25, 0.3) is 10.8 Å². The minimum atomic E-state index is -0.918. The molecule has 2 atom stereocenters. The molecule has 3 aromatic rings. The van der Waals surface area contributed by atoms with Gasteiger partial charge in [-0.15, -0.1) is 0 Å². The zero-order valence-corrected chi connectivity index (χ0v) is 19.0. The largest absolute Gasteiger partial charge is 0.493 e. The zero-order valence-electron chi connectivity index (χ0n) is 17.4. The molecule has 0 radical (unpaired) electrons. The summed E-state index contributed by atoms with van der Waals surface area (Å²) in [5, 5.41) is 10.5. The van der Waals surface area contributed by atoms with Gasteiger partial charge in [-0.2, -0.15) is 0 Å². The van der Waals surface area contributed by atoms with E-state index < -0.39 is 17.8 Å². The van der Waals surface area contributed by atoms with Gasteiger partial charge in [-0.3, -0.25) is 10.2 Å². The van der Waals surface area contributed by atoms with E-state index in [0.717, 1.165) is 21.9 Å². The lowest BCUT2D eigenvalue weighted by Gasteiger charge is -2.33. The lowest BCUT2D eigenvalue weighted by atomic mass is 9.77. The predicted octanol–water partition coefficient (Wildman–Crippen LogP) is 5.30. The maximum Gasteiger partial charge on any atom is 0.319 e. The fourth-order valence-corrected chi connectivity index (χ4v) is 4.67. The van der Waals surface area contributed by atoms with E-state index in [-0.39, 0.29) is 12.5 Å². The minimum Gasteiger partial charge on any atom is -0.493 e. The highest BCUT2D eigenvalue weighted by Crippen LogP contribution is 2.47. The number of halogens is 1. The maximum absolute atomic E-state index is 12.9. The summed E-state index contributed by atoms with van der Waals surface area (Å²) >= 11 is 3.54. The maximum atomic E-state index is 12.9. The number of hydrogen-bond donors (Lipinski definition) is 1. The Balaban J connectivity index is 1.97. The van der Waals surface area contributed by atoms with Crippen LogP contribution in [0.3, 0.4) is 0 Å². The van der Waals surface area contributed by atoms with Gasteiger partial charge in [0.1, 0.15) is 11.7 Å². The van der Waals surface area contributed by atoms with E-state index in [4.69, 9.17) is 24.4 Å². The van der Waals surface area contributed by atoms with Crippen molar-refractivity contribution in [3.8, 4) is 17.2 Å². The van der Waals surface area contributed by atoms with E-state index in [1.165, 1.54) is 0 Å². The molecule has 2 unspecified atom stereocenters. The van der Waals surface area contributed by atoms with Crippen LogP contribution in [-0.4, -0.2) is 32.7 Å². The van der Waals surface area contributed by atoms with Gasteiger partial charge in [0.2, 0.25) is 5.90 Å². The number of esters is 1. The van der Waals surface area contributed by atoms with Gasteiger partial charge >= 0.3 is 5.97 Å². The molecule has 1 heterocycles. The number of benzene rings is 3. The van der Waals surface area contributed by atoms with Crippen molar-refractivity contribution in [3.63, 3.8) is 0 Å². The summed E-state index contributed by atoms with van der Waals surface area (Å²) in [7, 11) is 3.12. The Morgan fingerprint density at radius 3 is 2.45 bits per heavy atom. The van der Waals surface area contributed by atoms with Crippen LogP contribution in [0.1, 0.15) is 24.0 Å². The molecule has 0 saturated heterocycles. The average Bonchev–Trinajstić information content (AvgIpc) is 2.76. The van der Waals surface area contributed by atoms with E-state index in [2.05, 4.69) is 15.9 Å². The summed E-state index contributed by atoms with van der Waals surface area (Å²) in [5.41, 5.74) is 1.60. The van der Waals surface area contributed by atoms with E-state index in [1.54, 1.807) is 21.1 Å². The molecular weight excluding hydrogens is 462 g/mol. The smallest absolute Gasteiger partial charge is 0.319 e. The molecule has 0 bridgehead atoms. The van der Waals surface area contributed by atoms with Crippen LogP contribution in [0.5, 0.6) is 17.2 Å². The van der Waals surface area contributed by atoms with Crippen molar-refractivity contribution in [2.75, 3.05) is 20.8 Å². The number of nitrogens with one attached hydrogen (secondary N) is 1. The summed E-state index contributed by atoms with van der Waals surface area (Å²) in [4.78, 5) is 12.9. The van der Waals surface area contributed by atoms with Crippen molar-refractivity contribution in [1.29, 1.82) is 5.41 Å². The third-order valence-corrected chi connectivity index (χ3v) is 5.99. The molecule has 6 nitrogen and oxygen atoms in total. The first-order valence-electron chi connectivity index (χ1n) is 9.85. The van der Waals surface area contributed by atoms with Crippen LogP contribution in [0.15, 0.2) is 53.0 Å². The van der Waals surface area contributed by atoms with E-state index in [9.17, 15) is 4.79 Å². The van der Waals surface area contributed by atoms with E-state index in [0.29, 0.717) is 21.7 Å². The monoisotopic (exact) mass is 483 g/mol. The van der Waals surface area contributed by atoms with Gasteiger partial charge in [-0.1, -0.05) is 24.3 Å². The number of ether oxygens (including phenoxy) is 4. The highest BCUT2D eigenvalue weighted by molar-refractivity contribution is 9.10. The molecule has 1 aliphatic rings. The topological polar surface area (TPSA) is 77.8 Å². The van der Waals surface area contributed by atoms with Gasteiger partial charge in [0.05, 0.1) is 25.3 Å². The quantitative estimate of drug-likeness (QED) is 0.498. The van der Waals surface area contributed by atoms with Crippen molar-refractivity contribution in [2.24, 2.45) is 5.92 Å². The van der Waals surface area contributed by atoms with Crippen LogP contribution in [0.2, 0.25) is 0 Å². The minimum absolute atomic E-state index is 0.142. The summed E-state index contributed by atoms with van der Waals surface area (Å²) in [6.45, 7) is 1.96. The highest BCUT2D eigenvalue weighted by atomic mass is 79.9. The molecule has 0 spiro atoms. The number of carbonyl (C=O) groups excluding carboxylic acids is 1. The Labute approximate surface area is 188 Å². The third-order valence-electron chi connectivity index (χ3n) is 5.40. The second-order valence-corrected chi connectivity index (χ2v) is 8.00.